The monoisotopic (exact) mass is 357 g/mol. The summed E-state index contributed by atoms with van der Waals surface area (Å²) in [5, 5.41) is 29.5. The van der Waals surface area contributed by atoms with E-state index in [0.717, 1.165) is 11.3 Å². The summed E-state index contributed by atoms with van der Waals surface area (Å²) in [7, 11) is 3.66. The molecule has 0 aliphatic rings. The molecule has 0 atom stereocenters. The van der Waals surface area contributed by atoms with Gasteiger partial charge in [-0.2, -0.15) is 0 Å². The van der Waals surface area contributed by atoms with E-state index in [1.165, 1.54) is 6.08 Å². The molecule has 0 amide bonds. The van der Waals surface area contributed by atoms with Gasteiger partial charge in [0.1, 0.15) is 5.69 Å². The van der Waals surface area contributed by atoms with Gasteiger partial charge < -0.3 is 15.1 Å². The van der Waals surface area contributed by atoms with Gasteiger partial charge in [0.25, 0.3) is 5.69 Å². The Bertz CT molecular complexity index is 921. The van der Waals surface area contributed by atoms with Crippen LogP contribution in [0.5, 0.6) is 0 Å². The SMILES string of the molecule is CN(C)c1ccccc1C=Cc1nc(C(=O)O)c(C(=O)O)cc1[N+](=O)[O-]. The minimum absolute atomic E-state index is 0.244. The van der Waals surface area contributed by atoms with Crippen molar-refractivity contribution in [1.82, 2.24) is 4.98 Å². The maximum absolute atomic E-state index is 11.3. The lowest BCUT2D eigenvalue weighted by Gasteiger charge is -2.15. The van der Waals surface area contributed by atoms with E-state index in [9.17, 15) is 19.7 Å². The fourth-order valence-electron chi connectivity index (χ4n) is 2.32. The van der Waals surface area contributed by atoms with E-state index >= 15 is 0 Å². The highest BCUT2D eigenvalue weighted by molar-refractivity contribution is 6.01. The number of benzene rings is 1. The Labute approximate surface area is 148 Å². The second-order valence-corrected chi connectivity index (χ2v) is 5.44. The van der Waals surface area contributed by atoms with E-state index < -0.39 is 33.8 Å². The van der Waals surface area contributed by atoms with Crippen LogP contribution in [0.2, 0.25) is 0 Å². The Kier molecular flexibility index (Phi) is 5.31. The van der Waals surface area contributed by atoms with Crippen molar-refractivity contribution in [3.63, 3.8) is 0 Å². The first-order valence-corrected chi connectivity index (χ1v) is 7.32. The van der Waals surface area contributed by atoms with Gasteiger partial charge in [-0.3, -0.25) is 10.1 Å². The zero-order chi connectivity index (χ0) is 19.4. The fraction of sp³-hybridized carbons (Fsp3) is 0.118. The van der Waals surface area contributed by atoms with Crippen molar-refractivity contribution >= 4 is 35.5 Å². The van der Waals surface area contributed by atoms with Gasteiger partial charge in [0.2, 0.25) is 0 Å². The normalized spacial score (nSPS) is 10.7. The van der Waals surface area contributed by atoms with E-state index in [-0.39, 0.29) is 5.69 Å². The number of hydrogen-bond donors (Lipinski definition) is 2. The summed E-state index contributed by atoms with van der Waals surface area (Å²) < 4.78 is 0. The molecule has 0 aliphatic heterocycles. The molecule has 0 aliphatic carbocycles. The van der Waals surface area contributed by atoms with Crippen molar-refractivity contribution in [3.8, 4) is 0 Å². The Morgan fingerprint density at radius 3 is 2.35 bits per heavy atom. The van der Waals surface area contributed by atoms with Crippen LogP contribution in [0.3, 0.4) is 0 Å². The van der Waals surface area contributed by atoms with Gasteiger partial charge in [-0.05, 0) is 17.7 Å². The lowest BCUT2D eigenvalue weighted by molar-refractivity contribution is -0.385. The summed E-state index contributed by atoms with van der Waals surface area (Å²) in [4.78, 5) is 38.4. The number of carbonyl (C=O) groups is 2. The van der Waals surface area contributed by atoms with Crippen molar-refractivity contribution in [3.05, 3.63) is 63.0 Å². The van der Waals surface area contributed by atoms with Crippen LogP contribution in [0.1, 0.15) is 32.1 Å². The molecule has 26 heavy (non-hydrogen) atoms. The molecule has 0 spiro atoms. The summed E-state index contributed by atoms with van der Waals surface area (Å²) in [6, 6.07) is 7.94. The van der Waals surface area contributed by atoms with Crippen LogP contribution in [0.15, 0.2) is 30.3 Å². The predicted molar refractivity (Wildman–Crippen MR) is 94.5 cm³/mol. The second-order valence-electron chi connectivity index (χ2n) is 5.44. The molecular formula is C17H15N3O6. The van der Waals surface area contributed by atoms with Crippen LogP contribution in [-0.2, 0) is 0 Å². The Morgan fingerprint density at radius 2 is 1.81 bits per heavy atom. The lowest BCUT2D eigenvalue weighted by Crippen LogP contribution is -2.13. The molecule has 0 saturated heterocycles. The minimum atomic E-state index is -1.61. The van der Waals surface area contributed by atoms with Gasteiger partial charge in [0, 0.05) is 25.8 Å². The van der Waals surface area contributed by atoms with E-state index in [0.29, 0.717) is 6.07 Å². The molecule has 2 aromatic rings. The van der Waals surface area contributed by atoms with Gasteiger partial charge in [0.05, 0.1) is 10.5 Å². The molecule has 2 N–H and O–H groups in total. The molecule has 0 unspecified atom stereocenters. The molecule has 9 heteroatoms. The number of aromatic carboxylic acids is 2. The first-order valence-electron chi connectivity index (χ1n) is 7.32. The summed E-state index contributed by atoms with van der Waals surface area (Å²) in [5.41, 5.74) is -0.768. The average molecular weight is 357 g/mol. The number of nitrogens with zero attached hydrogens (tertiary/aromatic N) is 3. The zero-order valence-corrected chi connectivity index (χ0v) is 13.9. The average Bonchev–Trinajstić information content (AvgIpc) is 2.58. The highest BCUT2D eigenvalue weighted by atomic mass is 16.6. The van der Waals surface area contributed by atoms with Crippen LogP contribution in [-0.4, -0.2) is 46.2 Å². The van der Waals surface area contributed by atoms with Gasteiger partial charge in [-0.1, -0.05) is 24.3 Å². The van der Waals surface area contributed by atoms with Crippen molar-refractivity contribution < 1.29 is 24.7 Å². The van der Waals surface area contributed by atoms with E-state index in [1.54, 1.807) is 18.2 Å². The summed E-state index contributed by atoms with van der Waals surface area (Å²) in [6.45, 7) is 0. The number of carboxylic acids is 2. The molecular weight excluding hydrogens is 342 g/mol. The van der Waals surface area contributed by atoms with Crippen LogP contribution in [0.4, 0.5) is 11.4 Å². The first kappa shape index (κ1) is 18.6. The Morgan fingerprint density at radius 1 is 1.15 bits per heavy atom. The number of hydrogen-bond acceptors (Lipinski definition) is 6. The molecule has 1 aromatic heterocycles. The largest absolute Gasteiger partial charge is 0.478 e. The summed E-state index contributed by atoms with van der Waals surface area (Å²) >= 11 is 0. The highest BCUT2D eigenvalue weighted by Gasteiger charge is 2.25. The molecule has 134 valence electrons. The van der Waals surface area contributed by atoms with E-state index in [4.69, 9.17) is 10.2 Å². The van der Waals surface area contributed by atoms with Crippen LogP contribution in [0, 0.1) is 10.1 Å². The molecule has 9 nitrogen and oxygen atoms in total. The van der Waals surface area contributed by atoms with Crippen molar-refractivity contribution in [1.29, 1.82) is 0 Å². The first-order chi connectivity index (χ1) is 12.2. The number of para-hydroxylation sites is 1. The maximum Gasteiger partial charge on any atom is 0.355 e. The number of aromatic nitrogens is 1. The number of carboxylic acid groups (broad SMARTS) is 2. The van der Waals surface area contributed by atoms with Crippen molar-refractivity contribution in [2.45, 2.75) is 0 Å². The second kappa shape index (κ2) is 7.43. The van der Waals surface area contributed by atoms with Gasteiger partial charge >= 0.3 is 11.9 Å². The molecule has 1 heterocycles. The third-order valence-electron chi connectivity index (χ3n) is 3.50. The molecule has 2 rings (SSSR count). The predicted octanol–water partition coefficient (Wildman–Crippen LogP) is 2.62. The standard InChI is InChI=1S/C17H15N3O6/c1-19(2)13-6-4-3-5-10(13)7-8-12-14(20(25)26)9-11(16(21)22)15(18-12)17(23)24/h3-9H,1-2H3,(H,21,22)(H,23,24). The van der Waals surface area contributed by atoms with Crippen LogP contribution < -0.4 is 4.90 Å². The van der Waals surface area contributed by atoms with Gasteiger partial charge in [0.15, 0.2) is 5.69 Å². The third-order valence-corrected chi connectivity index (χ3v) is 3.50. The number of rotatable bonds is 6. The molecule has 0 fully saturated rings. The molecule has 1 aromatic carbocycles. The quantitative estimate of drug-likeness (QED) is 0.595. The summed E-state index contributed by atoms with van der Waals surface area (Å²) in [6.07, 6.45) is 2.84. The molecule has 0 radical (unpaired) electrons. The molecule has 0 saturated carbocycles. The fourth-order valence-corrected chi connectivity index (χ4v) is 2.32. The topological polar surface area (TPSA) is 134 Å². The smallest absolute Gasteiger partial charge is 0.355 e. The highest BCUT2D eigenvalue weighted by Crippen LogP contribution is 2.25. The Balaban J connectivity index is 2.62. The molecule has 0 bridgehead atoms. The summed E-state index contributed by atoms with van der Waals surface area (Å²) in [5.74, 6) is -3.19. The van der Waals surface area contributed by atoms with E-state index in [2.05, 4.69) is 4.98 Å². The van der Waals surface area contributed by atoms with Crippen LogP contribution in [0.25, 0.3) is 12.2 Å². The zero-order valence-electron chi connectivity index (χ0n) is 13.9. The number of anilines is 1. The maximum atomic E-state index is 11.3. The van der Waals surface area contributed by atoms with Crippen molar-refractivity contribution in [2.75, 3.05) is 19.0 Å². The minimum Gasteiger partial charge on any atom is -0.478 e. The third kappa shape index (κ3) is 3.83. The van der Waals surface area contributed by atoms with Gasteiger partial charge in [-0.25, -0.2) is 14.6 Å². The number of nitro groups is 1. The van der Waals surface area contributed by atoms with E-state index in [1.807, 2.05) is 31.1 Å². The lowest BCUT2D eigenvalue weighted by atomic mass is 10.1. The van der Waals surface area contributed by atoms with Crippen LogP contribution >= 0.6 is 0 Å². The number of pyridine rings is 1. The Hall–Kier alpha value is -3.75. The van der Waals surface area contributed by atoms with Crippen molar-refractivity contribution in [2.24, 2.45) is 0 Å². The van der Waals surface area contributed by atoms with Gasteiger partial charge in [-0.15, -0.1) is 0 Å².